The number of rotatable bonds is 8. The average Bonchev–Trinajstić information content (AvgIpc) is 3.21. The first-order valence-electron chi connectivity index (χ1n) is 9.83. The highest BCUT2D eigenvalue weighted by molar-refractivity contribution is 6.42. The number of nitrogens with two attached hydrogens (primary N) is 1. The van der Waals surface area contributed by atoms with Crippen LogP contribution < -0.4 is 5.73 Å². The molecule has 0 aliphatic heterocycles. The molecule has 2 aromatic carbocycles. The number of nitriles is 1. The topological polar surface area (TPSA) is 87.9 Å². The molecule has 8 heteroatoms. The molecule has 6 nitrogen and oxygen atoms in total. The van der Waals surface area contributed by atoms with Crippen LogP contribution in [0.4, 0.5) is 0 Å². The lowest BCUT2D eigenvalue weighted by Crippen LogP contribution is -2.43. The van der Waals surface area contributed by atoms with Crippen LogP contribution in [-0.4, -0.2) is 32.9 Å². The van der Waals surface area contributed by atoms with E-state index >= 15 is 0 Å². The van der Waals surface area contributed by atoms with Gasteiger partial charge < -0.3 is 15.2 Å². The van der Waals surface area contributed by atoms with Crippen LogP contribution in [0, 0.1) is 11.3 Å². The molecule has 3 aromatic rings. The summed E-state index contributed by atoms with van der Waals surface area (Å²) in [4.78, 5) is 19.2. The number of amides is 1. The molecule has 2 N–H and O–H groups in total. The van der Waals surface area contributed by atoms with Gasteiger partial charge in [0.25, 0.3) is 0 Å². The molecule has 1 amide bonds. The van der Waals surface area contributed by atoms with Gasteiger partial charge in [-0.3, -0.25) is 4.79 Å². The molecule has 0 aliphatic rings. The molecule has 1 aromatic heterocycles. The van der Waals surface area contributed by atoms with E-state index in [-0.39, 0.29) is 18.4 Å². The lowest BCUT2D eigenvalue weighted by molar-refractivity contribution is -0.133. The van der Waals surface area contributed by atoms with E-state index in [4.69, 9.17) is 34.2 Å². The van der Waals surface area contributed by atoms with Crippen molar-refractivity contribution in [3.63, 3.8) is 0 Å². The Morgan fingerprint density at radius 1 is 1.26 bits per heavy atom. The van der Waals surface area contributed by atoms with Gasteiger partial charge in [0.1, 0.15) is 0 Å². The van der Waals surface area contributed by atoms with Crippen molar-refractivity contribution < 1.29 is 4.79 Å². The molecule has 0 bridgehead atoms. The fourth-order valence-electron chi connectivity index (χ4n) is 3.25. The van der Waals surface area contributed by atoms with Crippen molar-refractivity contribution >= 4 is 29.1 Å². The number of carbonyl (C=O) groups excluding carboxylic acids is 1. The maximum atomic E-state index is 13.2. The minimum atomic E-state index is -0.169. The molecule has 0 fully saturated rings. The number of hydrogen-bond acceptors (Lipinski definition) is 4. The molecule has 0 unspecified atom stereocenters. The Bertz CT molecular complexity index is 1090. The van der Waals surface area contributed by atoms with Crippen molar-refractivity contribution in [2.75, 3.05) is 6.54 Å². The quantitative estimate of drug-likeness (QED) is 0.555. The van der Waals surface area contributed by atoms with Crippen LogP contribution in [0.3, 0.4) is 0 Å². The first kappa shape index (κ1) is 22.8. The molecule has 1 heterocycles. The molecule has 0 radical (unpaired) electrons. The third kappa shape index (κ3) is 5.65. The number of halogens is 2. The van der Waals surface area contributed by atoms with Crippen LogP contribution in [0.5, 0.6) is 0 Å². The van der Waals surface area contributed by atoms with Crippen molar-refractivity contribution in [3.8, 4) is 6.07 Å². The third-order valence-electron chi connectivity index (χ3n) is 5.13. The highest BCUT2D eigenvalue weighted by atomic mass is 35.5. The number of hydrogen-bond donors (Lipinski definition) is 1. The second kappa shape index (κ2) is 10.5. The van der Waals surface area contributed by atoms with Crippen LogP contribution >= 0.6 is 23.2 Å². The summed E-state index contributed by atoms with van der Waals surface area (Å²) >= 11 is 12.5. The van der Waals surface area contributed by atoms with Crippen LogP contribution in [0.15, 0.2) is 55.0 Å². The normalized spacial score (nSPS) is 11.7. The predicted molar refractivity (Wildman–Crippen MR) is 122 cm³/mol. The van der Waals surface area contributed by atoms with E-state index in [1.165, 1.54) is 0 Å². The van der Waals surface area contributed by atoms with Crippen molar-refractivity contribution in [1.29, 1.82) is 5.26 Å². The van der Waals surface area contributed by atoms with Crippen LogP contribution in [0.25, 0.3) is 0 Å². The zero-order chi connectivity index (χ0) is 22.4. The second-order valence-electron chi connectivity index (χ2n) is 7.32. The summed E-state index contributed by atoms with van der Waals surface area (Å²) in [5.41, 5.74) is 9.06. The Labute approximate surface area is 191 Å². The lowest BCUT2D eigenvalue weighted by Gasteiger charge is -2.29. The molecule has 160 valence electrons. The van der Waals surface area contributed by atoms with Gasteiger partial charge in [-0.25, -0.2) is 4.98 Å². The van der Waals surface area contributed by atoms with E-state index in [1.807, 2.05) is 35.8 Å². The number of nitrogens with zero attached hydrogens (tertiary/aromatic N) is 4. The molecule has 0 spiro atoms. The first-order chi connectivity index (χ1) is 14.9. The van der Waals surface area contributed by atoms with Gasteiger partial charge in [0.2, 0.25) is 5.91 Å². The predicted octanol–water partition coefficient (Wildman–Crippen LogP) is 4.03. The summed E-state index contributed by atoms with van der Waals surface area (Å²) in [6.45, 7) is 3.11. The molecular weight excluding hydrogens is 433 g/mol. The Hall–Kier alpha value is -2.85. The minimum Gasteiger partial charge on any atom is -0.334 e. The van der Waals surface area contributed by atoms with E-state index < -0.39 is 0 Å². The summed E-state index contributed by atoms with van der Waals surface area (Å²) in [5.74, 6) is -0.0735. The smallest absolute Gasteiger partial charge is 0.229 e. The van der Waals surface area contributed by atoms with Gasteiger partial charge in [-0.1, -0.05) is 47.5 Å². The fourth-order valence-corrected chi connectivity index (χ4v) is 3.63. The number of imidazole rings is 1. The Kier molecular flexibility index (Phi) is 7.69. The summed E-state index contributed by atoms with van der Waals surface area (Å²) in [6, 6.07) is 14.7. The van der Waals surface area contributed by atoms with E-state index in [1.54, 1.807) is 35.6 Å². The highest BCUT2D eigenvalue weighted by Crippen LogP contribution is 2.27. The maximum Gasteiger partial charge on any atom is 0.229 e. The van der Waals surface area contributed by atoms with Crippen molar-refractivity contribution in [2.24, 2.45) is 5.73 Å². The van der Waals surface area contributed by atoms with Crippen LogP contribution in [0.1, 0.15) is 29.3 Å². The summed E-state index contributed by atoms with van der Waals surface area (Å²) in [5, 5.41) is 9.84. The third-order valence-corrected chi connectivity index (χ3v) is 5.99. The van der Waals surface area contributed by atoms with Crippen molar-refractivity contribution in [2.45, 2.75) is 32.5 Å². The van der Waals surface area contributed by atoms with Gasteiger partial charge in [0.05, 0.1) is 34.4 Å². The molecule has 0 saturated heterocycles. The maximum absolute atomic E-state index is 13.2. The van der Waals surface area contributed by atoms with Gasteiger partial charge in [-0.2, -0.15) is 5.26 Å². The molecule has 0 aliphatic carbocycles. The summed E-state index contributed by atoms with van der Waals surface area (Å²) < 4.78 is 1.93. The van der Waals surface area contributed by atoms with E-state index in [2.05, 4.69) is 11.1 Å². The van der Waals surface area contributed by atoms with Gasteiger partial charge >= 0.3 is 0 Å². The SMILES string of the molecule is C[C@@H](CN)N(Cc1cccc(Cl)c1Cl)C(=O)Cc1cncn1Cc1ccc(C#N)cc1. The van der Waals surface area contributed by atoms with Crippen molar-refractivity contribution in [3.05, 3.63) is 87.4 Å². The minimum absolute atomic E-state index is 0.0735. The second-order valence-corrected chi connectivity index (χ2v) is 8.10. The van der Waals surface area contributed by atoms with E-state index in [0.717, 1.165) is 16.8 Å². The average molecular weight is 456 g/mol. The van der Waals surface area contributed by atoms with Gasteiger partial charge in [-0.05, 0) is 36.2 Å². The fraction of sp³-hybridized carbons (Fsp3) is 0.261. The van der Waals surface area contributed by atoms with E-state index in [0.29, 0.717) is 35.2 Å². The lowest BCUT2D eigenvalue weighted by atomic mass is 10.1. The van der Waals surface area contributed by atoms with Gasteiger partial charge in [-0.15, -0.1) is 0 Å². The summed E-state index contributed by atoms with van der Waals surface area (Å²) in [7, 11) is 0. The Balaban J connectivity index is 1.77. The first-order valence-corrected chi connectivity index (χ1v) is 10.6. The number of carbonyl (C=O) groups is 1. The van der Waals surface area contributed by atoms with Crippen molar-refractivity contribution in [1.82, 2.24) is 14.5 Å². The molecule has 3 rings (SSSR count). The molecular formula is C23H23Cl2N5O. The number of benzene rings is 2. The summed E-state index contributed by atoms with van der Waals surface area (Å²) in [6.07, 6.45) is 3.57. The van der Waals surface area contributed by atoms with Crippen LogP contribution in [0.2, 0.25) is 10.0 Å². The standard InChI is InChI=1S/C23H23Cl2N5O/c1-16(10-26)30(14-19-3-2-4-21(24)23(19)25)22(31)9-20-12-28-15-29(20)13-18-7-5-17(11-27)6-8-18/h2-8,12,15-16H,9-10,13-14,26H2,1H3/t16-/m0/s1. The molecule has 31 heavy (non-hydrogen) atoms. The zero-order valence-electron chi connectivity index (χ0n) is 17.1. The largest absolute Gasteiger partial charge is 0.334 e. The van der Waals surface area contributed by atoms with E-state index in [9.17, 15) is 4.79 Å². The van der Waals surface area contributed by atoms with Gasteiger partial charge in [0.15, 0.2) is 0 Å². The van der Waals surface area contributed by atoms with Crippen LogP contribution in [-0.2, 0) is 24.3 Å². The zero-order valence-corrected chi connectivity index (χ0v) is 18.6. The van der Waals surface area contributed by atoms with Gasteiger partial charge in [0, 0.05) is 37.6 Å². The monoisotopic (exact) mass is 455 g/mol. The Morgan fingerprint density at radius 3 is 2.68 bits per heavy atom. The number of aromatic nitrogens is 2. The Morgan fingerprint density at radius 2 is 2.00 bits per heavy atom. The molecule has 1 atom stereocenters. The highest BCUT2D eigenvalue weighted by Gasteiger charge is 2.22. The molecule has 0 saturated carbocycles.